The second-order valence-corrected chi connectivity index (χ2v) is 7.39. The number of piperidine rings is 1. The second-order valence-electron chi connectivity index (χ2n) is 5.54. The summed E-state index contributed by atoms with van der Waals surface area (Å²) in [5, 5.41) is 0. The van der Waals surface area contributed by atoms with Crippen LogP contribution in [0.2, 0.25) is 0 Å². The summed E-state index contributed by atoms with van der Waals surface area (Å²) >= 11 is 0. The van der Waals surface area contributed by atoms with Crippen molar-refractivity contribution in [3.8, 4) is 0 Å². The van der Waals surface area contributed by atoms with Crippen LogP contribution in [0.5, 0.6) is 0 Å². The summed E-state index contributed by atoms with van der Waals surface area (Å²) in [6, 6.07) is 9.48. The first kappa shape index (κ1) is 16.0. The molecular weight excluding hydrogens is 288 g/mol. The van der Waals surface area contributed by atoms with Gasteiger partial charge in [0, 0.05) is 26.6 Å². The molecule has 1 saturated heterocycles. The molecule has 0 aromatic heterocycles. The zero-order valence-electron chi connectivity index (χ0n) is 12.3. The first-order valence-electron chi connectivity index (χ1n) is 7.23. The number of amides is 1. The molecule has 0 atom stereocenters. The van der Waals surface area contributed by atoms with Gasteiger partial charge in [-0.15, -0.1) is 0 Å². The summed E-state index contributed by atoms with van der Waals surface area (Å²) in [6.07, 6.45) is 1.51. The molecule has 1 aliphatic rings. The number of carbonyl (C=O) groups excluding carboxylic acids is 1. The minimum absolute atomic E-state index is 0.0681. The molecule has 1 heterocycles. The van der Waals surface area contributed by atoms with Crippen LogP contribution in [0.3, 0.4) is 0 Å². The van der Waals surface area contributed by atoms with E-state index in [-0.39, 0.29) is 17.6 Å². The van der Waals surface area contributed by atoms with Gasteiger partial charge in [0.05, 0.1) is 5.75 Å². The highest BCUT2D eigenvalue weighted by Crippen LogP contribution is 2.18. The lowest BCUT2D eigenvalue weighted by Gasteiger charge is -2.31. The third-order valence-corrected chi connectivity index (χ3v) is 5.35. The molecule has 116 valence electrons. The maximum absolute atomic E-state index is 12.1. The zero-order chi connectivity index (χ0) is 15.3. The van der Waals surface area contributed by atoms with Gasteiger partial charge >= 0.3 is 0 Å². The first-order valence-corrected chi connectivity index (χ1v) is 8.88. The topological polar surface area (TPSA) is 66.5 Å². The average Bonchev–Trinajstić information content (AvgIpc) is 2.46. The van der Waals surface area contributed by atoms with Crippen molar-refractivity contribution in [1.82, 2.24) is 9.62 Å². The predicted octanol–water partition coefficient (Wildman–Crippen LogP) is 1.36. The summed E-state index contributed by atoms with van der Waals surface area (Å²) in [5.74, 6) is 0.346. The van der Waals surface area contributed by atoms with Crippen molar-refractivity contribution in [2.24, 2.45) is 5.92 Å². The minimum Gasteiger partial charge on any atom is -0.343 e. The molecule has 1 N–H and O–H groups in total. The lowest BCUT2D eigenvalue weighted by Crippen LogP contribution is -2.40. The van der Waals surface area contributed by atoms with E-state index in [1.807, 2.05) is 30.3 Å². The fourth-order valence-electron chi connectivity index (χ4n) is 2.57. The molecular formula is C15H22N2O3S. The number of rotatable bonds is 5. The van der Waals surface area contributed by atoms with Gasteiger partial charge in [0.1, 0.15) is 0 Å². The molecule has 0 spiro atoms. The third-order valence-electron chi connectivity index (χ3n) is 3.85. The van der Waals surface area contributed by atoms with Crippen molar-refractivity contribution in [3.05, 3.63) is 35.9 Å². The van der Waals surface area contributed by atoms with Crippen molar-refractivity contribution in [2.75, 3.05) is 18.8 Å². The van der Waals surface area contributed by atoms with Crippen LogP contribution in [0, 0.1) is 5.92 Å². The number of hydrogen-bond donors (Lipinski definition) is 1. The maximum atomic E-state index is 12.1. The Kier molecular flexibility index (Phi) is 5.36. The molecule has 2 rings (SSSR count). The summed E-state index contributed by atoms with van der Waals surface area (Å²) in [7, 11) is -3.27. The largest absolute Gasteiger partial charge is 0.343 e. The summed E-state index contributed by atoms with van der Waals surface area (Å²) in [5.41, 5.74) is 0.951. The van der Waals surface area contributed by atoms with Gasteiger partial charge < -0.3 is 4.90 Å². The number of hydrogen-bond acceptors (Lipinski definition) is 3. The highest BCUT2D eigenvalue weighted by molar-refractivity contribution is 7.89. The molecule has 1 fully saturated rings. The van der Waals surface area contributed by atoms with E-state index < -0.39 is 10.0 Å². The van der Waals surface area contributed by atoms with E-state index in [1.54, 1.807) is 11.8 Å². The lowest BCUT2D eigenvalue weighted by atomic mass is 9.99. The average molecular weight is 310 g/mol. The van der Waals surface area contributed by atoms with Crippen LogP contribution in [-0.4, -0.2) is 38.1 Å². The van der Waals surface area contributed by atoms with E-state index in [2.05, 4.69) is 4.72 Å². The molecule has 0 bridgehead atoms. The smallest absolute Gasteiger partial charge is 0.219 e. The molecule has 1 amide bonds. The number of carbonyl (C=O) groups is 1. The van der Waals surface area contributed by atoms with Crippen LogP contribution in [-0.2, 0) is 21.4 Å². The van der Waals surface area contributed by atoms with Gasteiger partial charge in [-0.1, -0.05) is 30.3 Å². The van der Waals surface area contributed by atoms with Gasteiger partial charge in [-0.25, -0.2) is 13.1 Å². The Balaban J connectivity index is 1.80. The van der Waals surface area contributed by atoms with Crippen LogP contribution in [0.25, 0.3) is 0 Å². The summed E-state index contributed by atoms with van der Waals surface area (Å²) < 4.78 is 26.8. The minimum atomic E-state index is -3.27. The van der Waals surface area contributed by atoms with Gasteiger partial charge in [0.2, 0.25) is 15.9 Å². The van der Waals surface area contributed by atoms with Crippen molar-refractivity contribution >= 4 is 15.9 Å². The SMILES string of the molecule is CC(=O)N1CCC(CS(=O)(=O)NCc2ccccc2)CC1. The number of nitrogens with zero attached hydrogens (tertiary/aromatic N) is 1. The summed E-state index contributed by atoms with van der Waals surface area (Å²) in [4.78, 5) is 13.0. The molecule has 1 aromatic carbocycles. The van der Waals surface area contributed by atoms with Gasteiger partial charge in [-0.3, -0.25) is 4.79 Å². The Morgan fingerprint density at radius 2 is 1.86 bits per heavy atom. The fraction of sp³-hybridized carbons (Fsp3) is 0.533. The Hall–Kier alpha value is -1.40. The van der Waals surface area contributed by atoms with Gasteiger partial charge in [0.15, 0.2) is 0 Å². The Morgan fingerprint density at radius 3 is 2.43 bits per heavy atom. The molecule has 0 unspecified atom stereocenters. The van der Waals surface area contributed by atoms with E-state index >= 15 is 0 Å². The first-order chi connectivity index (χ1) is 9.96. The van der Waals surface area contributed by atoms with Crippen LogP contribution >= 0.6 is 0 Å². The molecule has 1 aromatic rings. The van der Waals surface area contributed by atoms with Gasteiger partial charge in [-0.2, -0.15) is 0 Å². The number of nitrogens with one attached hydrogen (secondary N) is 1. The molecule has 1 aliphatic heterocycles. The van der Waals surface area contributed by atoms with E-state index in [9.17, 15) is 13.2 Å². The Morgan fingerprint density at radius 1 is 1.24 bits per heavy atom. The maximum Gasteiger partial charge on any atom is 0.219 e. The van der Waals surface area contributed by atoms with Crippen molar-refractivity contribution in [1.29, 1.82) is 0 Å². The Labute approximate surface area is 126 Å². The zero-order valence-corrected chi connectivity index (χ0v) is 13.1. The summed E-state index contributed by atoms with van der Waals surface area (Å²) in [6.45, 7) is 3.20. The molecule has 0 radical (unpaired) electrons. The van der Waals surface area contributed by atoms with Crippen LogP contribution in [0.4, 0.5) is 0 Å². The normalized spacial score (nSPS) is 16.9. The van der Waals surface area contributed by atoms with Crippen LogP contribution in [0.1, 0.15) is 25.3 Å². The van der Waals surface area contributed by atoms with Crippen molar-refractivity contribution in [2.45, 2.75) is 26.3 Å². The monoisotopic (exact) mass is 310 g/mol. The third kappa shape index (κ3) is 5.13. The van der Waals surface area contributed by atoms with Crippen molar-refractivity contribution < 1.29 is 13.2 Å². The Bertz CT molecular complexity index is 564. The molecule has 6 heteroatoms. The number of sulfonamides is 1. The van der Waals surface area contributed by atoms with Crippen molar-refractivity contribution in [3.63, 3.8) is 0 Å². The molecule has 21 heavy (non-hydrogen) atoms. The van der Waals surface area contributed by atoms with Gasteiger partial charge in [0.25, 0.3) is 0 Å². The standard InChI is InChI=1S/C15H22N2O3S/c1-13(18)17-9-7-15(8-10-17)12-21(19,20)16-11-14-5-3-2-4-6-14/h2-6,15-16H,7-12H2,1H3. The van der Waals surface area contributed by atoms with E-state index in [0.717, 1.165) is 18.4 Å². The lowest BCUT2D eigenvalue weighted by molar-refractivity contribution is -0.130. The highest BCUT2D eigenvalue weighted by Gasteiger charge is 2.25. The highest BCUT2D eigenvalue weighted by atomic mass is 32.2. The quantitative estimate of drug-likeness (QED) is 0.893. The van der Waals surface area contributed by atoms with Gasteiger partial charge in [-0.05, 0) is 24.3 Å². The number of likely N-dealkylation sites (tertiary alicyclic amines) is 1. The van der Waals surface area contributed by atoms with Crippen LogP contribution in [0.15, 0.2) is 30.3 Å². The molecule has 5 nitrogen and oxygen atoms in total. The van der Waals surface area contributed by atoms with Crippen LogP contribution < -0.4 is 4.72 Å². The van der Waals surface area contributed by atoms with E-state index in [0.29, 0.717) is 19.6 Å². The van der Waals surface area contributed by atoms with E-state index in [4.69, 9.17) is 0 Å². The molecule has 0 saturated carbocycles. The second kappa shape index (κ2) is 7.04. The molecule has 0 aliphatic carbocycles. The fourth-order valence-corrected chi connectivity index (χ4v) is 4.03. The predicted molar refractivity (Wildman–Crippen MR) is 82.0 cm³/mol. The number of benzene rings is 1. The van der Waals surface area contributed by atoms with E-state index in [1.165, 1.54) is 0 Å².